The van der Waals surface area contributed by atoms with E-state index in [2.05, 4.69) is 131 Å². The van der Waals surface area contributed by atoms with Gasteiger partial charge in [-0.2, -0.15) is 0 Å². The average Bonchev–Trinajstić information content (AvgIpc) is 3.95. The molecule has 0 fully saturated rings. The van der Waals surface area contributed by atoms with Gasteiger partial charge in [0.05, 0.1) is 17.1 Å². The van der Waals surface area contributed by atoms with E-state index >= 15 is 0 Å². The third kappa shape index (κ3) is 6.01. The van der Waals surface area contributed by atoms with Crippen LogP contribution in [0.5, 0.6) is 0 Å². The van der Waals surface area contributed by atoms with Crippen LogP contribution in [0.15, 0.2) is 203 Å². The Hall–Kier alpha value is -7.96. The number of oxazole rings is 2. The molecule has 4 aromatic heterocycles. The molecule has 11 rings (SSSR count). The fourth-order valence-electron chi connectivity index (χ4n) is 7.75. The van der Waals surface area contributed by atoms with Crippen molar-refractivity contribution in [1.29, 1.82) is 0 Å². The number of aromatic nitrogens is 4. The van der Waals surface area contributed by atoms with E-state index < -0.39 is 0 Å². The minimum Gasteiger partial charge on any atom is -0.436 e. The topological polar surface area (TPSA) is 77.8 Å². The van der Waals surface area contributed by atoms with E-state index in [1.807, 2.05) is 66.7 Å². The molecule has 4 heterocycles. The van der Waals surface area contributed by atoms with Crippen molar-refractivity contribution >= 4 is 33.0 Å². The molecule has 0 aliphatic rings. The molecule has 0 spiro atoms. The zero-order valence-electron chi connectivity index (χ0n) is 31.1. The smallest absolute Gasteiger partial charge is 0.227 e. The Balaban J connectivity index is 0.959. The second-order valence-electron chi connectivity index (χ2n) is 14.2. The molecule has 6 heteroatoms. The van der Waals surface area contributed by atoms with Crippen LogP contribution in [0.2, 0.25) is 0 Å². The lowest BCUT2D eigenvalue weighted by Gasteiger charge is -2.16. The molecule has 11 aromatic rings. The van der Waals surface area contributed by atoms with Gasteiger partial charge < -0.3 is 8.83 Å². The third-order valence-corrected chi connectivity index (χ3v) is 10.7. The molecule has 0 unspecified atom stereocenters. The van der Waals surface area contributed by atoms with Gasteiger partial charge in [0.2, 0.25) is 11.8 Å². The summed E-state index contributed by atoms with van der Waals surface area (Å²) in [4.78, 5) is 19.3. The first-order valence-electron chi connectivity index (χ1n) is 19.2. The van der Waals surface area contributed by atoms with Crippen molar-refractivity contribution in [3.8, 4) is 78.9 Å². The van der Waals surface area contributed by atoms with Gasteiger partial charge in [0, 0.05) is 28.5 Å². The Labute approximate surface area is 333 Å². The number of pyridine rings is 2. The molecule has 0 bridgehead atoms. The highest BCUT2D eigenvalue weighted by Gasteiger charge is 2.17. The molecular weight excluding hydrogens is 713 g/mol. The summed E-state index contributed by atoms with van der Waals surface area (Å²) < 4.78 is 12.1. The van der Waals surface area contributed by atoms with Crippen LogP contribution in [0.3, 0.4) is 0 Å². The second kappa shape index (κ2) is 14.0. The SMILES string of the molecule is c1ccc(-c2ccc(-c3ccc(-c4ccc(-c5nc6ccccc6o5)cc4)c4ccccc34)c(-c3ccc(-c4ccc(-c5nc6ccccc6o5)cc4)cc3)n2)nc1. The van der Waals surface area contributed by atoms with Gasteiger partial charge in [0.25, 0.3) is 0 Å². The van der Waals surface area contributed by atoms with Crippen LogP contribution >= 0.6 is 0 Å². The number of para-hydroxylation sites is 4. The van der Waals surface area contributed by atoms with E-state index in [1.165, 1.54) is 0 Å². The molecule has 0 amide bonds. The van der Waals surface area contributed by atoms with Crippen molar-refractivity contribution in [2.45, 2.75) is 0 Å². The minimum absolute atomic E-state index is 0.615. The second-order valence-corrected chi connectivity index (χ2v) is 14.2. The highest BCUT2D eigenvalue weighted by Crippen LogP contribution is 2.41. The van der Waals surface area contributed by atoms with Crippen molar-refractivity contribution in [1.82, 2.24) is 19.9 Å². The summed E-state index contributed by atoms with van der Waals surface area (Å²) in [5.41, 5.74) is 15.3. The molecule has 0 N–H and O–H groups in total. The largest absolute Gasteiger partial charge is 0.436 e. The van der Waals surface area contributed by atoms with Crippen LogP contribution < -0.4 is 0 Å². The minimum atomic E-state index is 0.615. The monoisotopic (exact) mass is 744 g/mol. The Morgan fingerprint density at radius 3 is 1.38 bits per heavy atom. The first-order valence-corrected chi connectivity index (χ1v) is 19.2. The maximum absolute atomic E-state index is 6.05. The summed E-state index contributed by atoms with van der Waals surface area (Å²) in [5, 5.41) is 2.30. The summed E-state index contributed by atoms with van der Waals surface area (Å²) in [5.74, 6) is 1.23. The zero-order valence-corrected chi connectivity index (χ0v) is 31.1. The van der Waals surface area contributed by atoms with E-state index in [1.54, 1.807) is 6.20 Å². The summed E-state index contributed by atoms with van der Waals surface area (Å²) in [6.07, 6.45) is 1.81. The molecule has 0 atom stereocenters. The lowest BCUT2D eigenvalue weighted by Crippen LogP contribution is -1.95. The molecule has 0 saturated carbocycles. The predicted octanol–water partition coefficient (Wildman–Crippen LogP) is 13.6. The van der Waals surface area contributed by atoms with Gasteiger partial charge >= 0.3 is 0 Å². The van der Waals surface area contributed by atoms with Crippen LogP contribution in [-0.2, 0) is 0 Å². The molecule has 6 nitrogen and oxygen atoms in total. The maximum atomic E-state index is 6.05. The van der Waals surface area contributed by atoms with E-state index in [4.69, 9.17) is 18.8 Å². The first kappa shape index (κ1) is 33.4. The van der Waals surface area contributed by atoms with E-state index in [9.17, 15) is 0 Å². The van der Waals surface area contributed by atoms with Crippen LogP contribution in [0, 0.1) is 0 Å². The van der Waals surface area contributed by atoms with Crippen LogP contribution in [0.1, 0.15) is 0 Å². The van der Waals surface area contributed by atoms with Crippen molar-refractivity contribution < 1.29 is 8.83 Å². The van der Waals surface area contributed by atoms with Gasteiger partial charge in [0.1, 0.15) is 11.0 Å². The summed E-state index contributed by atoms with van der Waals surface area (Å²) >= 11 is 0. The lowest BCUT2D eigenvalue weighted by atomic mass is 9.89. The molecule has 7 aromatic carbocycles. The standard InChI is InChI=1S/C52H32N4O2/c1-2-10-41-40(9-1)39(35-20-26-38(27-21-35)52-56-47-13-4-6-15-49(47)58-52)28-29-42(41)43-30-31-45(44-11-7-8-32-53-44)54-50(43)36-22-16-33(17-23-36)34-18-24-37(25-19-34)51-55-46-12-3-5-14-48(46)57-51/h1-32H. The Morgan fingerprint density at radius 2 is 0.793 bits per heavy atom. The molecule has 0 saturated heterocycles. The maximum Gasteiger partial charge on any atom is 0.227 e. The molecule has 0 radical (unpaired) electrons. The molecule has 58 heavy (non-hydrogen) atoms. The lowest BCUT2D eigenvalue weighted by molar-refractivity contribution is 0.619. The Kier molecular flexibility index (Phi) is 8.04. The van der Waals surface area contributed by atoms with E-state index in [-0.39, 0.29) is 0 Å². The molecule has 272 valence electrons. The van der Waals surface area contributed by atoms with Gasteiger partial charge in [0.15, 0.2) is 11.2 Å². The third-order valence-electron chi connectivity index (χ3n) is 10.7. The predicted molar refractivity (Wildman–Crippen MR) is 233 cm³/mol. The first-order chi connectivity index (χ1) is 28.7. The van der Waals surface area contributed by atoms with Crippen LogP contribution in [-0.4, -0.2) is 19.9 Å². The zero-order chi connectivity index (χ0) is 38.4. The summed E-state index contributed by atoms with van der Waals surface area (Å²) in [6.45, 7) is 0. The van der Waals surface area contributed by atoms with E-state index in [0.29, 0.717) is 11.8 Å². The Morgan fingerprint density at radius 1 is 0.310 bits per heavy atom. The number of rotatable bonds is 7. The highest BCUT2D eigenvalue weighted by atomic mass is 16.4. The molecular formula is C52H32N4O2. The summed E-state index contributed by atoms with van der Waals surface area (Å²) in [7, 11) is 0. The highest BCUT2D eigenvalue weighted by molar-refractivity contribution is 6.06. The van der Waals surface area contributed by atoms with Crippen molar-refractivity contribution in [3.63, 3.8) is 0 Å². The van der Waals surface area contributed by atoms with Gasteiger partial charge in [-0.15, -0.1) is 0 Å². The van der Waals surface area contributed by atoms with Gasteiger partial charge in [-0.25, -0.2) is 15.0 Å². The van der Waals surface area contributed by atoms with Crippen molar-refractivity contribution in [2.24, 2.45) is 0 Å². The molecule has 0 aliphatic heterocycles. The Bertz CT molecular complexity index is 3190. The van der Waals surface area contributed by atoms with Crippen LogP contribution in [0.25, 0.3) is 112 Å². The van der Waals surface area contributed by atoms with Crippen LogP contribution in [0.4, 0.5) is 0 Å². The number of hydrogen-bond acceptors (Lipinski definition) is 6. The number of fused-ring (bicyclic) bond motifs is 3. The van der Waals surface area contributed by atoms with Crippen molar-refractivity contribution in [3.05, 3.63) is 194 Å². The van der Waals surface area contributed by atoms with E-state index in [0.717, 1.165) is 100 Å². The fraction of sp³-hybridized carbons (Fsp3) is 0. The normalized spacial score (nSPS) is 11.4. The van der Waals surface area contributed by atoms with Gasteiger partial charge in [-0.05, 0) is 111 Å². The van der Waals surface area contributed by atoms with Gasteiger partial charge in [-0.1, -0.05) is 115 Å². The summed E-state index contributed by atoms with van der Waals surface area (Å²) in [6, 6.07) is 64.3. The average molecular weight is 745 g/mol. The fourth-order valence-corrected chi connectivity index (χ4v) is 7.75. The van der Waals surface area contributed by atoms with Gasteiger partial charge in [-0.3, -0.25) is 4.98 Å². The molecule has 0 aliphatic carbocycles. The number of benzene rings is 7. The van der Waals surface area contributed by atoms with Crippen molar-refractivity contribution in [2.75, 3.05) is 0 Å². The quantitative estimate of drug-likeness (QED) is 0.162. The number of nitrogens with zero attached hydrogens (tertiary/aromatic N) is 4. The number of hydrogen-bond donors (Lipinski definition) is 0.